The summed E-state index contributed by atoms with van der Waals surface area (Å²) in [5, 5.41) is 3.87. The normalized spacial score (nSPS) is 17.2. The Morgan fingerprint density at radius 3 is 2.62 bits per heavy atom. The summed E-state index contributed by atoms with van der Waals surface area (Å²) in [6.07, 6.45) is 3.41. The number of carbonyl (C=O) groups is 1. The third kappa shape index (κ3) is 5.28. The SMILES string of the molecule is CCn1ccc2cc(S(=O)(=O)N3CCC[C@H](C(=O)NCc4ccc(OC(C)C)cc4)C3)ccc21. The Morgan fingerprint density at radius 1 is 1.15 bits per heavy atom. The molecule has 1 atom stereocenters. The molecule has 1 N–H and O–H groups in total. The first-order valence-electron chi connectivity index (χ1n) is 11.9. The lowest BCUT2D eigenvalue weighted by Gasteiger charge is -2.31. The van der Waals surface area contributed by atoms with Gasteiger partial charge in [-0.1, -0.05) is 12.1 Å². The van der Waals surface area contributed by atoms with Crippen LogP contribution in [0.2, 0.25) is 0 Å². The van der Waals surface area contributed by atoms with Crippen LogP contribution >= 0.6 is 0 Å². The van der Waals surface area contributed by atoms with Crippen LogP contribution in [-0.2, 0) is 27.9 Å². The number of benzene rings is 2. The fourth-order valence-corrected chi connectivity index (χ4v) is 5.99. The Kier molecular flexibility index (Phi) is 7.28. The van der Waals surface area contributed by atoms with Crippen LogP contribution in [0.15, 0.2) is 59.6 Å². The van der Waals surface area contributed by atoms with E-state index in [0.29, 0.717) is 25.9 Å². The van der Waals surface area contributed by atoms with E-state index in [0.717, 1.165) is 28.8 Å². The number of carbonyl (C=O) groups excluding carboxylic acids is 1. The quantitative estimate of drug-likeness (QED) is 0.522. The summed E-state index contributed by atoms with van der Waals surface area (Å²) in [5.41, 5.74) is 1.98. The van der Waals surface area contributed by atoms with E-state index in [1.54, 1.807) is 12.1 Å². The topological polar surface area (TPSA) is 80.6 Å². The highest BCUT2D eigenvalue weighted by Crippen LogP contribution is 2.27. The van der Waals surface area contributed by atoms with Gasteiger partial charge in [0.15, 0.2) is 0 Å². The van der Waals surface area contributed by atoms with E-state index < -0.39 is 10.0 Å². The summed E-state index contributed by atoms with van der Waals surface area (Å²) < 4.78 is 35.9. The second kappa shape index (κ2) is 10.2. The van der Waals surface area contributed by atoms with Crippen LogP contribution < -0.4 is 10.1 Å². The number of hydrogen-bond donors (Lipinski definition) is 1. The Morgan fingerprint density at radius 2 is 1.91 bits per heavy atom. The van der Waals surface area contributed by atoms with Crippen molar-refractivity contribution < 1.29 is 17.9 Å². The molecule has 1 fully saturated rings. The van der Waals surface area contributed by atoms with Gasteiger partial charge in [0.1, 0.15) is 5.75 Å². The Bertz CT molecular complexity index is 1250. The molecule has 0 aliphatic carbocycles. The molecule has 2 aromatic carbocycles. The van der Waals surface area contributed by atoms with Crippen LogP contribution in [0, 0.1) is 5.92 Å². The molecule has 0 saturated carbocycles. The van der Waals surface area contributed by atoms with E-state index in [1.165, 1.54) is 4.31 Å². The number of fused-ring (bicyclic) bond motifs is 1. The smallest absolute Gasteiger partial charge is 0.243 e. The number of sulfonamides is 1. The van der Waals surface area contributed by atoms with Crippen LogP contribution in [0.25, 0.3) is 10.9 Å². The summed E-state index contributed by atoms with van der Waals surface area (Å²) in [4.78, 5) is 13.1. The lowest BCUT2D eigenvalue weighted by Crippen LogP contribution is -2.45. The summed E-state index contributed by atoms with van der Waals surface area (Å²) in [6.45, 7) is 7.86. The minimum atomic E-state index is -3.67. The molecule has 1 saturated heterocycles. The van der Waals surface area contributed by atoms with Crippen LogP contribution in [-0.4, -0.2) is 42.4 Å². The van der Waals surface area contributed by atoms with Crippen molar-refractivity contribution in [3.63, 3.8) is 0 Å². The molecule has 0 spiro atoms. The monoisotopic (exact) mass is 483 g/mol. The van der Waals surface area contributed by atoms with Crippen LogP contribution in [0.5, 0.6) is 5.75 Å². The number of nitrogens with zero attached hydrogens (tertiary/aromatic N) is 2. The van der Waals surface area contributed by atoms with Crippen molar-refractivity contribution in [2.75, 3.05) is 13.1 Å². The maximum atomic E-state index is 13.3. The molecule has 7 nitrogen and oxygen atoms in total. The first-order valence-corrected chi connectivity index (χ1v) is 13.3. The van der Waals surface area contributed by atoms with Gasteiger partial charge < -0.3 is 14.6 Å². The molecule has 0 bridgehead atoms. The molecule has 1 aliphatic rings. The van der Waals surface area contributed by atoms with Gasteiger partial charge in [-0.3, -0.25) is 4.79 Å². The van der Waals surface area contributed by atoms with Gasteiger partial charge in [0.05, 0.1) is 16.9 Å². The zero-order valence-corrected chi connectivity index (χ0v) is 20.8. The molecule has 0 radical (unpaired) electrons. The molecule has 4 rings (SSSR count). The fraction of sp³-hybridized carbons (Fsp3) is 0.423. The van der Waals surface area contributed by atoms with Crippen molar-refractivity contribution in [1.82, 2.24) is 14.2 Å². The van der Waals surface area contributed by atoms with Gasteiger partial charge in [-0.15, -0.1) is 0 Å². The van der Waals surface area contributed by atoms with E-state index in [4.69, 9.17) is 4.74 Å². The minimum Gasteiger partial charge on any atom is -0.491 e. The number of rotatable bonds is 8. The predicted molar refractivity (Wildman–Crippen MR) is 133 cm³/mol. The van der Waals surface area contributed by atoms with Crippen molar-refractivity contribution in [3.8, 4) is 5.75 Å². The molecule has 3 aromatic rings. The third-order valence-electron chi connectivity index (χ3n) is 6.24. The lowest BCUT2D eigenvalue weighted by atomic mass is 9.99. The average Bonchev–Trinajstić information content (AvgIpc) is 3.25. The van der Waals surface area contributed by atoms with Crippen molar-refractivity contribution in [2.45, 2.75) is 57.7 Å². The molecule has 182 valence electrons. The summed E-state index contributed by atoms with van der Waals surface area (Å²) in [5.74, 6) is 0.317. The Balaban J connectivity index is 1.39. The van der Waals surface area contributed by atoms with Crippen LogP contribution in [0.3, 0.4) is 0 Å². The van der Waals surface area contributed by atoms with Gasteiger partial charge in [-0.2, -0.15) is 4.31 Å². The zero-order chi connectivity index (χ0) is 24.3. The Labute approximate surface area is 201 Å². The first-order chi connectivity index (χ1) is 16.3. The van der Waals surface area contributed by atoms with Crippen LogP contribution in [0.4, 0.5) is 0 Å². The number of amides is 1. The van der Waals surface area contributed by atoms with E-state index in [9.17, 15) is 13.2 Å². The lowest BCUT2D eigenvalue weighted by molar-refractivity contribution is -0.126. The number of aryl methyl sites for hydroxylation is 1. The number of piperidine rings is 1. The maximum absolute atomic E-state index is 13.3. The summed E-state index contributed by atoms with van der Waals surface area (Å²) in [7, 11) is -3.67. The first kappa shape index (κ1) is 24.3. The molecule has 0 unspecified atom stereocenters. The second-order valence-corrected chi connectivity index (χ2v) is 11.0. The number of ether oxygens (including phenoxy) is 1. The van der Waals surface area contributed by atoms with E-state index in [1.807, 2.05) is 56.4 Å². The Hall–Kier alpha value is -2.84. The highest BCUT2D eigenvalue weighted by atomic mass is 32.2. The van der Waals surface area contributed by atoms with Gasteiger partial charge in [-0.25, -0.2) is 8.42 Å². The van der Waals surface area contributed by atoms with E-state index in [-0.39, 0.29) is 29.4 Å². The molecule has 34 heavy (non-hydrogen) atoms. The third-order valence-corrected chi connectivity index (χ3v) is 8.10. The van der Waals surface area contributed by atoms with Gasteiger partial charge in [0.2, 0.25) is 15.9 Å². The van der Waals surface area contributed by atoms with E-state index in [2.05, 4.69) is 16.8 Å². The van der Waals surface area contributed by atoms with Gasteiger partial charge >= 0.3 is 0 Å². The number of nitrogens with one attached hydrogen (secondary N) is 1. The highest BCUT2D eigenvalue weighted by molar-refractivity contribution is 7.89. The zero-order valence-electron chi connectivity index (χ0n) is 20.0. The maximum Gasteiger partial charge on any atom is 0.243 e. The molecule has 2 heterocycles. The standard InChI is InChI=1S/C26H33N3O4S/c1-4-28-15-13-21-16-24(11-12-25(21)28)34(31,32)29-14-5-6-22(18-29)26(30)27-17-20-7-9-23(10-8-20)33-19(2)3/h7-13,15-16,19,22H,4-6,14,17-18H2,1-3H3,(H,27,30)/t22-/m0/s1. The van der Waals surface area contributed by atoms with Crippen molar-refractivity contribution in [1.29, 1.82) is 0 Å². The fourth-order valence-electron chi connectivity index (χ4n) is 4.43. The molecule has 1 aliphatic heterocycles. The van der Waals surface area contributed by atoms with Crippen molar-refractivity contribution >= 4 is 26.8 Å². The van der Waals surface area contributed by atoms with Gasteiger partial charge in [0, 0.05) is 43.3 Å². The van der Waals surface area contributed by atoms with Gasteiger partial charge in [0.25, 0.3) is 0 Å². The summed E-state index contributed by atoms with van der Waals surface area (Å²) >= 11 is 0. The molecule has 1 amide bonds. The summed E-state index contributed by atoms with van der Waals surface area (Å²) in [6, 6.07) is 14.8. The minimum absolute atomic E-state index is 0.107. The number of hydrogen-bond acceptors (Lipinski definition) is 4. The molecular weight excluding hydrogens is 450 g/mol. The van der Waals surface area contributed by atoms with E-state index >= 15 is 0 Å². The molecule has 8 heteroatoms. The second-order valence-electron chi connectivity index (χ2n) is 9.05. The average molecular weight is 484 g/mol. The predicted octanol–water partition coefficient (Wildman–Crippen LogP) is 4.17. The largest absolute Gasteiger partial charge is 0.491 e. The van der Waals surface area contributed by atoms with Gasteiger partial charge in [-0.05, 0) is 75.6 Å². The molecule has 1 aromatic heterocycles. The van der Waals surface area contributed by atoms with Crippen LogP contribution in [0.1, 0.15) is 39.2 Å². The highest BCUT2D eigenvalue weighted by Gasteiger charge is 2.33. The number of aromatic nitrogens is 1. The van der Waals surface area contributed by atoms with Crippen molar-refractivity contribution in [2.24, 2.45) is 5.92 Å². The van der Waals surface area contributed by atoms with Crippen molar-refractivity contribution in [3.05, 3.63) is 60.3 Å². The molecular formula is C26H33N3O4S.